The number of benzene rings is 2. The average molecular weight is 558 g/mol. The van der Waals surface area contributed by atoms with Crippen LogP contribution in [0.25, 0.3) is 11.1 Å². The molecule has 2 nitrogen and oxygen atoms in total. The van der Waals surface area contributed by atoms with Gasteiger partial charge in [0.25, 0.3) is 0 Å². The first-order chi connectivity index (χ1) is 13.5. The molecule has 0 heterocycles. The summed E-state index contributed by atoms with van der Waals surface area (Å²) in [6, 6.07) is 17.5. The van der Waals surface area contributed by atoms with Gasteiger partial charge in [-0.1, -0.05) is 0 Å². The van der Waals surface area contributed by atoms with E-state index in [9.17, 15) is 0 Å². The second kappa shape index (κ2) is 8.31. The maximum atomic E-state index is 7.42. The fourth-order valence-electron chi connectivity index (χ4n) is 6.07. The third-order valence-electron chi connectivity index (χ3n) is 6.71. The first-order valence-electron chi connectivity index (χ1n) is 10.7. The molecule has 2 aromatic carbocycles. The number of halogens is 2. The van der Waals surface area contributed by atoms with Crippen LogP contribution in [0.2, 0.25) is 24.3 Å². The van der Waals surface area contributed by atoms with Crippen molar-refractivity contribution >= 4 is 37.3 Å². The van der Waals surface area contributed by atoms with E-state index in [0.29, 0.717) is 6.61 Å². The predicted molar refractivity (Wildman–Crippen MR) is 139 cm³/mol. The molecule has 0 aromatic heterocycles. The van der Waals surface area contributed by atoms with E-state index >= 15 is 0 Å². The van der Waals surface area contributed by atoms with E-state index in [-0.39, 0.29) is 28.4 Å². The van der Waals surface area contributed by atoms with Crippen molar-refractivity contribution in [3.05, 3.63) is 81.2 Å². The van der Waals surface area contributed by atoms with Gasteiger partial charge in [0.05, 0.1) is 0 Å². The van der Waals surface area contributed by atoms with E-state index in [0.717, 1.165) is 6.42 Å². The van der Waals surface area contributed by atoms with Crippen molar-refractivity contribution in [2.45, 2.75) is 41.2 Å². The number of hydrogen-bond acceptors (Lipinski definition) is 2. The van der Waals surface area contributed by atoms with Crippen LogP contribution in [-0.2, 0) is 23.0 Å². The monoisotopic (exact) mass is 555 g/mol. The van der Waals surface area contributed by atoms with Crippen LogP contribution in [-0.4, -0.2) is 19.1 Å². The summed E-state index contributed by atoms with van der Waals surface area (Å²) in [7, 11) is -2.02. The van der Waals surface area contributed by atoms with Crippen molar-refractivity contribution in [2.24, 2.45) is 0 Å². The minimum atomic E-state index is -5.30. The molecule has 0 saturated heterocycles. The number of allylic oxidation sites excluding steroid dienone is 4. The van der Waals surface area contributed by atoms with E-state index in [2.05, 4.69) is 98.0 Å². The predicted octanol–water partition coefficient (Wildman–Crippen LogP) is 7.87. The van der Waals surface area contributed by atoms with Crippen LogP contribution in [0.4, 0.5) is 0 Å². The molecular weight excluding hydrogens is 522 g/mol. The summed E-state index contributed by atoms with van der Waals surface area (Å²) in [5.41, 5.74) is 5.20. The zero-order chi connectivity index (χ0) is 21.0. The Balaban J connectivity index is 0.00000171. The molecule has 0 atom stereocenters. The zero-order valence-electron chi connectivity index (χ0n) is 19.2. The molecule has 0 N–H and O–H groups in total. The zero-order valence-corrected chi connectivity index (χ0v) is 24.3. The Morgan fingerprint density at radius 2 is 1.48 bits per heavy atom. The molecule has 0 amide bonds. The molecule has 2 aromatic rings. The fraction of sp³-hybridized carbons (Fsp3) is 0.320. The Morgan fingerprint density at radius 1 is 0.968 bits per heavy atom. The van der Waals surface area contributed by atoms with Crippen LogP contribution in [0.15, 0.2) is 70.0 Å². The molecule has 0 spiro atoms. The van der Waals surface area contributed by atoms with Crippen LogP contribution in [0.5, 0.6) is 0 Å². The van der Waals surface area contributed by atoms with Crippen molar-refractivity contribution in [2.75, 3.05) is 6.61 Å². The second-order valence-electron chi connectivity index (χ2n) is 10.2. The summed E-state index contributed by atoms with van der Waals surface area (Å²) in [4.78, 5) is 0. The molecule has 6 heteroatoms. The Kier molecular flexibility index (Phi) is 7.14. The Morgan fingerprint density at radius 3 is 1.90 bits per heavy atom. The quantitative estimate of drug-likeness (QED) is 0.337. The molecule has 4 rings (SSSR count). The minimum absolute atomic E-state index is 0. The summed E-state index contributed by atoms with van der Waals surface area (Å²) in [5.74, 6) is 0. The summed E-state index contributed by atoms with van der Waals surface area (Å²) in [5, 5.41) is 0. The SMILES string of the molecule is Cl.Cl.[CH2]=[Zr]([CH3])([O]CC)([O][Si](C)(C)C)([C]1=CC=CC1)[CH]1c2ccccc2-c2ccccc21. The molecule has 0 unspecified atom stereocenters. The average Bonchev–Trinajstić information content (AvgIpc) is 3.28. The Labute approximate surface area is 199 Å². The van der Waals surface area contributed by atoms with E-state index in [1.165, 1.54) is 25.5 Å². The fourth-order valence-corrected chi connectivity index (χ4v) is 38.3. The van der Waals surface area contributed by atoms with Gasteiger partial charge in [-0.05, 0) is 0 Å². The number of rotatable bonds is 6. The van der Waals surface area contributed by atoms with Crippen molar-refractivity contribution < 1.29 is 23.0 Å². The maximum absolute atomic E-state index is 7.42. The van der Waals surface area contributed by atoms with Gasteiger partial charge in [-0.2, -0.15) is 0 Å². The van der Waals surface area contributed by atoms with Crippen molar-refractivity contribution in [3.8, 4) is 11.1 Å². The Hall–Kier alpha value is -0.610. The third-order valence-corrected chi connectivity index (χ3v) is 31.9. The summed E-state index contributed by atoms with van der Waals surface area (Å²) < 4.78 is 23.3. The van der Waals surface area contributed by atoms with Gasteiger partial charge in [-0.25, -0.2) is 0 Å². The second-order valence-corrected chi connectivity index (χ2v) is 32.8. The van der Waals surface area contributed by atoms with E-state index in [1.807, 2.05) is 0 Å². The summed E-state index contributed by atoms with van der Waals surface area (Å²) in [6.07, 6.45) is 7.47. The van der Waals surface area contributed by atoms with Gasteiger partial charge in [-0.3, -0.25) is 0 Å². The van der Waals surface area contributed by atoms with Gasteiger partial charge in [0.15, 0.2) is 0 Å². The van der Waals surface area contributed by atoms with Crippen LogP contribution < -0.4 is 0 Å². The summed E-state index contributed by atoms with van der Waals surface area (Å²) >= 11 is -5.30. The molecule has 2 aliphatic carbocycles. The van der Waals surface area contributed by atoms with Gasteiger partial charge >= 0.3 is 176 Å². The molecule has 0 aliphatic heterocycles. The molecule has 0 saturated carbocycles. The molecular formula is C25H35Cl2O2SiZr. The Bertz CT molecular complexity index is 1100. The van der Waals surface area contributed by atoms with E-state index < -0.39 is 26.0 Å². The molecule has 2 aliphatic rings. The van der Waals surface area contributed by atoms with Gasteiger partial charge in [0.1, 0.15) is 0 Å². The van der Waals surface area contributed by atoms with Gasteiger partial charge in [0.2, 0.25) is 0 Å². The third kappa shape index (κ3) is 3.98. The molecule has 0 fully saturated rings. The van der Waals surface area contributed by atoms with Gasteiger partial charge < -0.3 is 0 Å². The number of hydrogen-bond donors (Lipinski definition) is 0. The molecule has 0 radical (unpaired) electrons. The van der Waals surface area contributed by atoms with Crippen LogP contribution in [0.1, 0.15) is 28.1 Å². The van der Waals surface area contributed by atoms with Crippen LogP contribution >= 0.6 is 24.8 Å². The van der Waals surface area contributed by atoms with Crippen molar-refractivity contribution in [1.29, 1.82) is 0 Å². The normalized spacial score (nSPS) is 17.5. The topological polar surface area (TPSA) is 18.5 Å². The standard InChI is InChI=1S/C13H9.C5H5.C3H9OSi.C2H5O.CH3.CH2.2ClH.Zr/c1-3-7-12-10(5-1)9-11-6-2-4-8-13(11)12;1-2-4-5-3-1;1-5(2,3)4;1-2-3;;;;;/h1-9H;1-3H,4H2;1-3H3;2H2,1H3;1H3;1H2;2*1H;/q;;2*-1;;;;;+2. The summed E-state index contributed by atoms with van der Waals surface area (Å²) in [6.45, 7) is 9.49. The van der Waals surface area contributed by atoms with Gasteiger partial charge in [-0.15, -0.1) is 24.8 Å². The number of fused-ring (bicyclic) bond motifs is 3. The molecule has 169 valence electrons. The van der Waals surface area contributed by atoms with Crippen molar-refractivity contribution in [1.82, 2.24) is 0 Å². The van der Waals surface area contributed by atoms with Crippen LogP contribution in [0.3, 0.4) is 0 Å². The van der Waals surface area contributed by atoms with Crippen LogP contribution in [0, 0.1) is 0 Å². The van der Waals surface area contributed by atoms with E-state index in [1.54, 1.807) is 0 Å². The molecule has 0 bridgehead atoms. The van der Waals surface area contributed by atoms with E-state index in [4.69, 9.17) is 9.53 Å². The molecule has 31 heavy (non-hydrogen) atoms. The first kappa shape index (κ1) is 26.6. The van der Waals surface area contributed by atoms with Gasteiger partial charge in [0, 0.05) is 0 Å². The van der Waals surface area contributed by atoms with Crippen molar-refractivity contribution in [3.63, 3.8) is 0 Å². The first-order valence-corrected chi connectivity index (χ1v) is 23.0.